The number of nitrogens with one attached hydrogen (secondary N) is 1. The molecule has 2 atom stereocenters. The molecule has 12 N–H and O–H groups in total. The van der Waals surface area contributed by atoms with Crippen LogP contribution >= 0.6 is 23.2 Å². The summed E-state index contributed by atoms with van der Waals surface area (Å²) in [5.74, 6) is -2.47. The van der Waals surface area contributed by atoms with E-state index in [1.54, 1.807) is 6.07 Å². The number of rotatable bonds is 9. The van der Waals surface area contributed by atoms with Crippen molar-refractivity contribution in [2.75, 3.05) is 38.2 Å². The molecule has 15 nitrogen and oxygen atoms in total. The largest absolute Gasteiger partial charge is 0.507 e. The third-order valence-electron chi connectivity index (χ3n) is 15.1. The number of carbonyl (C=O) groups excluding carboxylic acids is 1. The number of anilines is 2. The first-order valence-electron chi connectivity index (χ1n) is 24.5. The van der Waals surface area contributed by atoms with Gasteiger partial charge in [0.2, 0.25) is 0 Å². The van der Waals surface area contributed by atoms with Crippen molar-refractivity contribution in [1.29, 1.82) is 0 Å². The zero-order chi connectivity index (χ0) is 57.7. The number of alkyl halides is 6. The number of amides is 1. The smallest absolute Gasteiger partial charge is 0.417 e. The fourth-order valence-corrected chi connectivity index (χ4v) is 11.6. The fraction of sp³-hybridized carbons (Fsp3) is 0.321. The van der Waals surface area contributed by atoms with Crippen LogP contribution in [0.3, 0.4) is 0 Å². The second-order valence-corrected chi connectivity index (χ2v) is 20.3. The highest BCUT2D eigenvalue weighted by Crippen LogP contribution is 2.55. The second kappa shape index (κ2) is 22.9. The Bertz CT molecular complexity index is 3410. The standard InChI is InChI=1S/C28H26ClF3N2O5.C20H24N2O4.C8H4ClF3O2/c1-34-5-4-13-6-15(10-35)18(12-37)24-23(13)22(34)9-17-21(8-16(11-36)26(38)25(17)24)33-27(39)14-2-3-20(29)19(7-14)28(30,31)32;1-22-3-2-10-4-11(7-23)14(9-25)18-17(10)16(22)6-13-15(21)5-12(8-24)20(26)19(13)18;9-6-2-1-4(7(13)14)3-5(6)8(10,11)12/h2-3,6-8,22,35-38H,4-5,9-12H2,1H3,(H,33,39);4-5,16,23-26H,2-3,6-9,21H2,1H3;1-3H,(H,13,14). The van der Waals surface area contributed by atoms with Gasteiger partial charge in [0, 0.05) is 64.4 Å². The summed E-state index contributed by atoms with van der Waals surface area (Å²) in [5, 5.41) is 92.1. The van der Waals surface area contributed by atoms with Crippen molar-refractivity contribution < 1.29 is 81.9 Å². The summed E-state index contributed by atoms with van der Waals surface area (Å²) in [6, 6.07) is 12.1. The summed E-state index contributed by atoms with van der Waals surface area (Å²) in [4.78, 5) is 28.0. The molecule has 6 aromatic carbocycles. The number of phenols is 2. The van der Waals surface area contributed by atoms with Crippen LogP contribution in [0.25, 0.3) is 22.3 Å². The van der Waals surface area contributed by atoms with Gasteiger partial charge in [0.05, 0.1) is 66.4 Å². The number of hydrogen-bond acceptors (Lipinski definition) is 13. The summed E-state index contributed by atoms with van der Waals surface area (Å²) < 4.78 is 76.9. The van der Waals surface area contributed by atoms with Crippen LogP contribution in [0.5, 0.6) is 11.5 Å². The van der Waals surface area contributed by atoms with Crippen LogP contribution in [-0.2, 0) is 77.7 Å². The molecular formula is C56H54Cl2F6N4O11. The predicted molar refractivity (Wildman–Crippen MR) is 280 cm³/mol. The Morgan fingerprint density at radius 1 is 0.595 bits per heavy atom. The summed E-state index contributed by atoms with van der Waals surface area (Å²) in [7, 11) is 4.01. The molecule has 23 heteroatoms. The van der Waals surface area contributed by atoms with E-state index in [2.05, 4.69) is 22.2 Å². The zero-order valence-corrected chi connectivity index (χ0v) is 43.8. The Balaban J connectivity index is 0.000000176. The third kappa shape index (κ3) is 11.0. The molecule has 0 bridgehead atoms. The highest BCUT2D eigenvalue weighted by Gasteiger charge is 2.41. The zero-order valence-electron chi connectivity index (χ0n) is 42.3. The van der Waals surface area contributed by atoms with Gasteiger partial charge in [0.25, 0.3) is 5.91 Å². The molecular weight excluding hydrogens is 1090 g/mol. The van der Waals surface area contributed by atoms with Crippen molar-refractivity contribution >= 4 is 46.5 Å². The maximum Gasteiger partial charge on any atom is 0.417 e. The van der Waals surface area contributed by atoms with Gasteiger partial charge in [0.15, 0.2) is 0 Å². The van der Waals surface area contributed by atoms with Gasteiger partial charge in [-0.05, 0) is 155 Å². The average Bonchev–Trinajstić information content (AvgIpc) is 3.29. The number of nitrogen functional groups attached to an aromatic ring is 1. The molecule has 1 amide bonds. The Labute approximate surface area is 457 Å². The number of aromatic carboxylic acids is 1. The minimum absolute atomic E-state index is 0.00960. The molecule has 6 aromatic rings. The number of fused-ring (bicyclic) bond motifs is 4. The summed E-state index contributed by atoms with van der Waals surface area (Å²) in [5.41, 5.74) is 14.4. The molecule has 2 aliphatic carbocycles. The predicted octanol–water partition coefficient (Wildman–Crippen LogP) is 8.81. The van der Waals surface area contributed by atoms with Crippen LogP contribution in [0.15, 0.2) is 60.7 Å². The first-order chi connectivity index (χ1) is 37.3. The number of aliphatic hydroxyl groups is 6. The van der Waals surface area contributed by atoms with Crippen molar-refractivity contribution in [3.05, 3.63) is 160 Å². The van der Waals surface area contributed by atoms with Crippen molar-refractivity contribution in [3.63, 3.8) is 0 Å². The van der Waals surface area contributed by atoms with Gasteiger partial charge in [0.1, 0.15) is 11.5 Å². The van der Waals surface area contributed by atoms with E-state index in [9.17, 15) is 76.8 Å². The molecule has 4 aliphatic rings. The molecule has 420 valence electrons. The first kappa shape index (κ1) is 58.6. The Morgan fingerprint density at radius 2 is 1.01 bits per heavy atom. The molecule has 0 aromatic heterocycles. The maximum atomic E-state index is 13.4. The highest BCUT2D eigenvalue weighted by molar-refractivity contribution is 6.32. The van der Waals surface area contributed by atoms with Crippen molar-refractivity contribution in [2.24, 2.45) is 0 Å². The van der Waals surface area contributed by atoms with E-state index >= 15 is 0 Å². The van der Waals surface area contributed by atoms with Crippen molar-refractivity contribution in [1.82, 2.24) is 9.80 Å². The number of carbonyl (C=O) groups is 2. The number of halogens is 8. The normalized spacial score (nSPS) is 16.3. The number of likely N-dealkylation sites (N-methyl/N-ethyl adjacent to an activating group) is 2. The van der Waals surface area contributed by atoms with Crippen molar-refractivity contribution in [3.8, 4) is 33.8 Å². The van der Waals surface area contributed by atoms with E-state index in [0.717, 1.165) is 64.5 Å². The third-order valence-corrected chi connectivity index (χ3v) is 15.8. The lowest BCUT2D eigenvalue weighted by Gasteiger charge is -2.42. The molecule has 79 heavy (non-hydrogen) atoms. The number of benzene rings is 6. The van der Waals surface area contributed by atoms with Gasteiger partial charge in [-0.25, -0.2) is 4.79 Å². The van der Waals surface area contributed by atoms with Crippen LogP contribution < -0.4 is 11.1 Å². The van der Waals surface area contributed by atoms with Crippen LogP contribution in [-0.4, -0.2) is 94.8 Å². The SMILES string of the molecule is CN1CCc2cc(CO)c(CO)c3c2C1Cc1c(N)cc(CO)c(O)c1-3.CN1CCc2cc(CO)c(CO)c3c2C1Cc1c(NC(=O)c2ccc(Cl)c(C(F)(F)F)c2)cc(CO)c(O)c1-3.O=C(O)c1ccc(Cl)c(C(F)(F)F)c1. The lowest BCUT2D eigenvalue weighted by molar-refractivity contribution is -0.138. The molecule has 2 heterocycles. The number of aliphatic hydroxyl groups excluding tert-OH is 6. The molecule has 10 rings (SSSR count). The van der Waals surface area contributed by atoms with E-state index in [4.69, 9.17) is 34.0 Å². The summed E-state index contributed by atoms with van der Waals surface area (Å²) in [6.45, 7) is -0.472. The molecule has 2 unspecified atom stereocenters. The number of nitrogens with two attached hydrogens (primary N) is 1. The molecule has 0 spiro atoms. The van der Waals surface area contributed by atoms with Crippen molar-refractivity contribution in [2.45, 2.75) is 89.8 Å². The van der Waals surface area contributed by atoms with Gasteiger partial charge >= 0.3 is 18.3 Å². The molecule has 0 saturated heterocycles. The maximum absolute atomic E-state index is 13.4. The topological polar surface area (TPSA) is 261 Å². The van der Waals surface area contributed by atoms with Gasteiger partial charge in [-0.15, -0.1) is 0 Å². The number of carboxylic acids is 1. The highest BCUT2D eigenvalue weighted by atomic mass is 35.5. The molecule has 0 fully saturated rings. The van der Waals surface area contributed by atoms with Crippen LogP contribution in [0, 0.1) is 0 Å². The number of nitrogens with zero attached hydrogens (tertiary/aromatic N) is 2. The minimum Gasteiger partial charge on any atom is -0.507 e. The Hall–Kier alpha value is -6.50. The molecule has 0 radical (unpaired) electrons. The quantitative estimate of drug-likeness (QED) is 0.0367. The fourth-order valence-electron chi connectivity index (χ4n) is 11.2. The first-order valence-corrected chi connectivity index (χ1v) is 25.3. The number of aromatic hydroxyl groups is 2. The monoisotopic (exact) mass is 1140 g/mol. The molecule has 2 aliphatic heterocycles. The van der Waals surface area contributed by atoms with Gasteiger partial charge in [-0.3, -0.25) is 14.6 Å². The van der Waals surface area contributed by atoms with Crippen LogP contribution in [0.1, 0.15) is 111 Å². The Morgan fingerprint density at radius 3 is 1.44 bits per heavy atom. The van der Waals surface area contributed by atoms with E-state index in [1.807, 2.05) is 19.2 Å². The minimum atomic E-state index is -4.76. The second-order valence-electron chi connectivity index (χ2n) is 19.5. The van der Waals surface area contributed by atoms with Gasteiger partial charge in [-0.1, -0.05) is 35.3 Å². The lowest BCUT2D eigenvalue weighted by atomic mass is 9.73. The number of carboxylic acid groups (broad SMARTS) is 1. The summed E-state index contributed by atoms with van der Waals surface area (Å²) >= 11 is 11.0. The van der Waals surface area contributed by atoms with Crippen LogP contribution in [0.2, 0.25) is 10.0 Å². The van der Waals surface area contributed by atoms with Crippen LogP contribution in [0.4, 0.5) is 37.7 Å². The van der Waals surface area contributed by atoms with Gasteiger partial charge in [-0.2, -0.15) is 26.3 Å². The Kier molecular flexibility index (Phi) is 17.0. The van der Waals surface area contributed by atoms with E-state index < -0.39 is 64.2 Å². The summed E-state index contributed by atoms with van der Waals surface area (Å²) in [6.07, 6.45) is -6.85. The number of hydrogen-bond donors (Lipinski definition) is 11. The molecule has 0 saturated carbocycles. The average molecular weight is 1140 g/mol. The van der Waals surface area contributed by atoms with Gasteiger partial charge < -0.3 is 57.0 Å². The van der Waals surface area contributed by atoms with E-state index in [0.29, 0.717) is 93.7 Å². The lowest BCUT2D eigenvalue weighted by Crippen LogP contribution is -2.36. The van der Waals surface area contributed by atoms with E-state index in [1.165, 1.54) is 12.1 Å². The van der Waals surface area contributed by atoms with E-state index in [-0.39, 0.29) is 66.8 Å².